The zero-order valence-electron chi connectivity index (χ0n) is 16.9. The number of hydrogen-bond donors (Lipinski definition) is 0. The maximum atomic E-state index is 12.7. The third-order valence-corrected chi connectivity index (χ3v) is 5.39. The Morgan fingerprint density at radius 2 is 2.07 bits per heavy atom. The molecule has 0 N–H and O–H groups in total. The van der Waals surface area contributed by atoms with E-state index in [1.54, 1.807) is 12.3 Å². The van der Waals surface area contributed by atoms with Gasteiger partial charge in [-0.25, -0.2) is 4.68 Å². The molecular weight excluding hydrogens is 352 g/mol. The highest BCUT2D eigenvalue weighted by Gasteiger charge is 2.28. The Hall–Kier alpha value is -2.63. The van der Waals surface area contributed by atoms with E-state index in [1.807, 2.05) is 42.3 Å². The number of nitrogens with zero attached hydrogens (tertiary/aromatic N) is 4. The maximum absolute atomic E-state index is 12.7. The smallest absolute Gasteiger partial charge is 0.269 e. The second-order valence-electron chi connectivity index (χ2n) is 7.59. The number of hydrogen-bond acceptors (Lipinski definition) is 4. The van der Waals surface area contributed by atoms with Crippen molar-refractivity contribution in [1.29, 1.82) is 0 Å². The Morgan fingerprint density at radius 1 is 1.29 bits per heavy atom. The summed E-state index contributed by atoms with van der Waals surface area (Å²) in [5, 5.41) is 4.36. The van der Waals surface area contributed by atoms with Gasteiger partial charge in [0.15, 0.2) is 0 Å². The van der Waals surface area contributed by atoms with Crippen LogP contribution in [0.1, 0.15) is 38.2 Å². The van der Waals surface area contributed by atoms with Crippen molar-refractivity contribution in [3.63, 3.8) is 0 Å². The number of amides is 1. The number of carbonyl (C=O) groups excluding carboxylic acids is 1. The van der Waals surface area contributed by atoms with Crippen LogP contribution in [0.3, 0.4) is 0 Å². The van der Waals surface area contributed by atoms with Crippen LogP contribution in [-0.2, 0) is 11.3 Å². The van der Waals surface area contributed by atoms with Gasteiger partial charge < -0.3 is 9.80 Å². The average molecular weight is 383 g/mol. The minimum Gasteiger partial charge on any atom is -0.369 e. The first kappa shape index (κ1) is 20.1. The van der Waals surface area contributed by atoms with Gasteiger partial charge in [0.05, 0.1) is 24.3 Å². The molecule has 0 spiro atoms. The average Bonchev–Trinajstić information content (AvgIpc) is 2.73. The minimum absolute atomic E-state index is 0.0117. The van der Waals surface area contributed by atoms with Crippen LogP contribution in [0, 0.1) is 5.92 Å². The van der Waals surface area contributed by atoms with E-state index in [0.29, 0.717) is 13.1 Å². The summed E-state index contributed by atoms with van der Waals surface area (Å²) >= 11 is 0. The molecule has 1 aliphatic heterocycles. The number of piperidine rings is 1. The highest BCUT2D eigenvalue weighted by Crippen LogP contribution is 2.23. The molecule has 28 heavy (non-hydrogen) atoms. The molecule has 1 fully saturated rings. The molecular formula is C22H30N4O2. The molecule has 2 heterocycles. The highest BCUT2D eigenvalue weighted by atomic mass is 16.2. The lowest BCUT2D eigenvalue weighted by atomic mass is 9.96. The molecule has 1 unspecified atom stereocenters. The Labute approximate surface area is 166 Å². The molecule has 1 aliphatic rings. The molecule has 3 rings (SSSR count). The first-order valence-electron chi connectivity index (χ1n) is 10.2. The number of rotatable bonds is 7. The molecule has 0 aliphatic carbocycles. The SMILES string of the molecule is CCCCN(C)C(=O)C1CCCN(c2cnn(Cc3ccccc3)c(=O)c2)C1. The van der Waals surface area contributed by atoms with E-state index in [1.165, 1.54) is 4.68 Å². The number of carbonyl (C=O) groups is 1. The lowest BCUT2D eigenvalue weighted by Gasteiger charge is -2.35. The molecule has 2 aromatic rings. The summed E-state index contributed by atoms with van der Waals surface area (Å²) in [5.41, 5.74) is 1.74. The Morgan fingerprint density at radius 3 is 2.79 bits per heavy atom. The molecule has 1 amide bonds. The number of anilines is 1. The van der Waals surface area contributed by atoms with Crippen molar-refractivity contribution < 1.29 is 4.79 Å². The number of benzene rings is 1. The van der Waals surface area contributed by atoms with Crippen LogP contribution in [0.5, 0.6) is 0 Å². The lowest BCUT2D eigenvalue weighted by Crippen LogP contribution is -2.44. The van der Waals surface area contributed by atoms with Gasteiger partial charge >= 0.3 is 0 Å². The summed E-state index contributed by atoms with van der Waals surface area (Å²) in [6.45, 7) is 4.91. The summed E-state index contributed by atoms with van der Waals surface area (Å²) in [5.74, 6) is 0.200. The summed E-state index contributed by atoms with van der Waals surface area (Å²) in [7, 11) is 1.89. The number of aromatic nitrogens is 2. The quantitative estimate of drug-likeness (QED) is 0.739. The standard InChI is InChI=1S/C22H30N4O2/c1-3-4-12-24(2)22(28)19-11-8-13-25(17-19)20-14-21(27)26(23-15-20)16-18-9-6-5-7-10-18/h5-7,9-10,14-15,19H,3-4,8,11-13,16-17H2,1-2H3. The first-order valence-corrected chi connectivity index (χ1v) is 10.2. The van der Waals surface area contributed by atoms with E-state index < -0.39 is 0 Å². The van der Waals surface area contributed by atoms with E-state index in [9.17, 15) is 9.59 Å². The Balaban J connectivity index is 1.67. The monoisotopic (exact) mass is 382 g/mol. The predicted molar refractivity (Wildman–Crippen MR) is 112 cm³/mol. The second kappa shape index (κ2) is 9.53. The van der Waals surface area contributed by atoms with E-state index in [0.717, 1.165) is 50.0 Å². The van der Waals surface area contributed by atoms with Crippen LogP contribution in [0.25, 0.3) is 0 Å². The van der Waals surface area contributed by atoms with Crippen molar-refractivity contribution in [2.45, 2.75) is 39.2 Å². The molecule has 0 saturated carbocycles. The third-order valence-electron chi connectivity index (χ3n) is 5.39. The molecule has 1 aromatic heterocycles. The zero-order valence-corrected chi connectivity index (χ0v) is 16.9. The van der Waals surface area contributed by atoms with Crippen LogP contribution >= 0.6 is 0 Å². The third kappa shape index (κ3) is 5.00. The Bertz CT molecular complexity index is 834. The van der Waals surface area contributed by atoms with E-state index in [-0.39, 0.29) is 17.4 Å². The van der Waals surface area contributed by atoms with Crippen molar-refractivity contribution in [3.05, 3.63) is 58.5 Å². The molecule has 1 atom stereocenters. The Kier molecular flexibility index (Phi) is 6.85. The number of unbranched alkanes of at least 4 members (excludes halogenated alkanes) is 1. The van der Waals surface area contributed by atoms with Crippen LogP contribution < -0.4 is 10.5 Å². The molecule has 0 radical (unpaired) electrons. The molecule has 1 aromatic carbocycles. The van der Waals surface area contributed by atoms with Gasteiger partial charge in [0, 0.05) is 32.7 Å². The van der Waals surface area contributed by atoms with Gasteiger partial charge in [-0.05, 0) is 24.8 Å². The van der Waals surface area contributed by atoms with Gasteiger partial charge in [0.1, 0.15) is 0 Å². The maximum Gasteiger partial charge on any atom is 0.269 e. The minimum atomic E-state index is -0.116. The van der Waals surface area contributed by atoms with Gasteiger partial charge in [-0.3, -0.25) is 9.59 Å². The fourth-order valence-electron chi connectivity index (χ4n) is 3.70. The predicted octanol–water partition coefficient (Wildman–Crippen LogP) is 2.77. The van der Waals surface area contributed by atoms with Crippen molar-refractivity contribution in [3.8, 4) is 0 Å². The highest BCUT2D eigenvalue weighted by molar-refractivity contribution is 5.79. The van der Waals surface area contributed by atoms with Crippen molar-refractivity contribution >= 4 is 11.6 Å². The van der Waals surface area contributed by atoms with Crippen molar-refractivity contribution in [2.24, 2.45) is 5.92 Å². The summed E-state index contributed by atoms with van der Waals surface area (Å²) in [6.07, 6.45) is 5.72. The van der Waals surface area contributed by atoms with Crippen LogP contribution in [-0.4, -0.2) is 47.3 Å². The molecule has 1 saturated heterocycles. The van der Waals surface area contributed by atoms with Gasteiger partial charge in [-0.2, -0.15) is 5.10 Å². The fourth-order valence-corrected chi connectivity index (χ4v) is 3.70. The largest absolute Gasteiger partial charge is 0.369 e. The fraction of sp³-hybridized carbons (Fsp3) is 0.500. The van der Waals surface area contributed by atoms with Gasteiger partial charge in [-0.1, -0.05) is 43.7 Å². The topological polar surface area (TPSA) is 58.4 Å². The summed E-state index contributed by atoms with van der Waals surface area (Å²) in [4.78, 5) is 29.2. The molecule has 6 nitrogen and oxygen atoms in total. The molecule has 0 bridgehead atoms. The van der Waals surface area contributed by atoms with Crippen molar-refractivity contribution in [1.82, 2.24) is 14.7 Å². The summed E-state index contributed by atoms with van der Waals surface area (Å²) in [6, 6.07) is 11.5. The van der Waals surface area contributed by atoms with Gasteiger partial charge in [-0.15, -0.1) is 0 Å². The van der Waals surface area contributed by atoms with Crippen LogP contribution in [0.15, 0.2) is 47.4 Å². The van der Waals surface area contributed by atoms with Crippen molar-refractivity contribution in [2.75, 3.05) is 31.6 Å². The van der Waals surface area contributed by atoms with E-state index in [2.05, 4.69) is 16.9 Å². The molecule has 6 heteroatoms. The first-order chi connectivity index (χ1) is 13.6. The van der Waals surface area contributed by atoms with Gasteiger partial charge in [0.2, 0.25) is 5.91 Å². The van der Waals surface area contributed by atoms with E-state index >= 15 is 0 Å². The lowest BCUT2D eigenvalue weighted by molar-refractivity contribution is -0.134. The molecule has 150 valence electrons. The zero-order chi connectivity index (χ0) is 19.9. The van der Waals surface area contributed by atoms with Crippen LogP contribution in [0.2, 0.25) is 0 Å². The normalized spacial score (nSPS) is 16.8. The van der Waals surface area contributed by atoms with Crippen LogP contribution in [0.4, 0.5) is 5.69 Å². The second-order valence-corrected chi connectivity index (χ2v) is 7.59. The van der Waals surface area contributed by atoms with Gasteiger partial charge in [0.25, 0.3) is 5.56 Å². The summed E-state index contributed by atoms with van der Waals surface area (Å²) < 4.78 is 1.48. The van der Waals surface area contributed by atoms with E-state index in [4.69, 9.17) is 0 Å².